The lowest BCUT2D eigenvalue weighted by Gasteiger charge is -2.09. The Hall–Kier alpha value is -1.51. The van der Waals surface area contributed by atoms with E-state index in [-0.39, 0.29) is 5.56 Å². The summed E-state index contributed by atoms with van der Waals surface area (Å²) in [7, 11) is 0. The number of ether oxygens (including phenoxy) is 1. The molecule has 0 aromatic heterocycles. The predicted octanol–water partition coefficient (Wildman–Crippen LogP) is 3.65. The lowest BCUT2D eigenvalue weighted by molar-refractivity contribution is 0.0692. The average Bonchev–Trinajstić information content (AvgIpc) is 2.30. The van der Waals surface area contributed by atoms with Gasteiger partial charge in [0.15, 0.2) is 0 Å². The average molecular weight is 236 g/mol. The molecular formula is C14H20O3. The summed E-state index contributed by atoms with van der Waals surface area (Å²) in [5.41, 5.74) is 1.18. The number of unbranched alkanes of at least 4 members (excludes halogenated alkanes) is 3. The molecule has 1 N–H and O–H groups in total. The van der Waals surface area contributed by atoms with Crippen LogP contribution < -0.4 is 4.74 Å². The second-order valence-electron chi connectivity index (χ2n) is 4.21. The SMILES string of the molecule is CCCCCCOc1ccc(C)cc1C(=O)O. The number of aromatic carboxylic acids is 1. The third kappa shape index (κ3) is 4.47. The van der Waals surface area contributed by atoms with Gasteiger partial charge in [0.2, 0.25) is 0 Å². The summed E-state index contributed by atoms with van der Waals surface area (Å²) in [6.07, 6.45) is 4.49. The summed E-state index contributed by atoms with van der Waals surface area (Å²) in [5, 5.41) is 9.05. The van der Waals surface area contributed by atoms with Gasteiger partial charge >= 0.3 is 5.97 Å². The molecule has 3 heteroatoms. The van der Waals surface area contributed by atoms with Crippen molar-refractivity contribution in [2.45, 2.75) is 39.5 Å². The van der Waals surface area contributed by atoms with Crippen molar-refractivity contribution in [1.29, 1.82) is 0 Å². The van der Waals surface area contributed by atoms with Crippen LogP contribution in [-0.2, 0) is 0 Å². The van der Waals surface area contributed by atoms with Gasteiger partial charge in [-0.2, -0.15) is 0 Å². The van der Waals surface area contributed by atoms with E-state index in [0.29, 0.717) is 12.4 Å². The third-order valence-electron chi connectivity index (χ3n) is 2.62. The number of carboxylic acid groups (broad SMARTS) is 1. The van der Waals surface area contributed by atoms with E-state index < -0.39 is 5.97 Å². The minimum atomic E-state index is -0.933. The highest BCUT2D eigenvalue weighted by atomic mass is 16.5. The van der Waals surface area contributed by atoms with Gasteiger partial charge in [-0.3, -0.25) is 0 Å². The van der Waals surface area contributed by atoms with Gasteiger partial charge in [0.1, 0.15) is 11.3 Å². The van der Waals surface area contributed by atoms with Crippen LogP contribution in [0.3, 0.4) is 0 Å². The van der Waals surface area contributed by atoms with Gasteiger partial charge in [0.05, 0.1) is 6.61 Å². The van der Waals surface area contributed by atoms with Crippen molar-refractivity contribution in [3.8, 4) is 5.75 Å². The Morgan fingerprint density at radius 1 is 1.29 bits per heavy atom. The molecule has 0 radical (unpaired) electrons. The van der Waals surface area contributed by atoms with Crippen LogP contribution in [0.5, 0.6) is 5.75 Å². The zero-order chi connectivity index (χ0) is 12.7. The number of hydrogen-bond donors (Lipinski definition) is 1. The van der Waals surface area contributed by atoms with Crippen LogP contribution in [0.25, 0.3) is 0 Å². The molecule has 1 rings (SSSR count). The van der Waals surface area contributed by atoms with Gasteiger partial charge in [-0.25, -0.2) is 4.79 Å². The van der Waals surface area contributed by atoms with Crippen molar-refractivity contribution >= 4 is 5.97 Å². The van der Waals surface area contributed by atoms with Gasteiger partial charge in [-0.05, 0) is 25.5 Å². The Kier molecular flexibility index (Phi) is 5.53. The Labute approximate surface area is 102 Å². The largest absolute Gasteiger partial charge is 0.493 e. The zero-order valence-corrected chi connectivity index (χ0v) is 10.5. The number of benzene rings is 1. The molecule has 3 nitrogen and oxygen atoms in total. The minimum absolute atomic E-state index is 0.250. The molecule has 0 spiro atoms. The first kappa shape index (κ1) is 13.6. The molecule has 17 heavy (non-hydrogen) atoms. The van der Waals surface area contributed by atoms with E-state index in [4.69, 9.17) is 9.84 Å². The van der Waals surface area contributed by atoms with Crippen LogP contribution in [0.15, 0.2) is 18.2 Å². The fourth-order valence-electron chi connectivity index (χ4n) is 1.65. The van der Waals surface area contributed by atoms with Crippen molar-refractivity contribution in [3.05, 3.63) is 29.3 Å². The Morgan fingerprint density at radius 2 is 2.06 bits per heavy atom. The first-order valence-corrected chi connectivity index (χ1v) is 6.12. The minimum Gasteiger partial charge on any atom is -0.493 e. The molecule has 0 amide bonds. The maximum absolute atomic E-state index is 11.0. The van der Waals surface area contributed by atoms with Gasteiger partial charge < -0.3 is 9.84 Å². The molecule has 0 atom stereocenters. The maximum atomic E-state index is 11.0. The zero-order valence-electron chi connectivity index (χ0n) is 10.5. The fourth-order valence-corrected chi connectivity index (χ4v) is 1.65. The molecule has 0 aliphatic carbocycles. The van der Waals surface area contributed by atoms with Gasteiger partial charge in [-0.15, -0.1) is 0 Å². The summed E-state index contributed by atoms with van der Waals surface area (Å²) in [5.74, 6) is -0.461. The van der Waals surface area contributed by atoms with Gasteiger partial charge in [0, 0.05) is 0 Å². The number of carboxylic acids is 1. The number of aryl methyl sites for hydroxylation is 1. The summed E-state index contributed by atoms with van der Waals surface area (Å²) < 4.78 is 5.52. The Morgan fingerprint density at radius 3 is 2.71 bits per heavy atom. The van der Waals surface area contributed by atoms with Crippen molar-refractivity contribution in [2.24, 2.45) is 0 Å². The molecule has 94 valence electrons. The van der Waals surface area contributed by atoms with Crippen LogP contribution in [0.4, 0.5) is 0 Å². The molecule has 0 fully saturated rings. The van der Waals surface area contributed by atoms with E-state index >= 15 is 0 Å². The molecule has 0 unspecified atom stereocenters. The van der Waals surface area contributed by atoms with Crippen LogP contribution in [0.1, 0.15) is 48.5 Å². The van der Waals surface area contributed by atoms with E-state index in [1.54, 1.807) is 12.1 Å². The second kappa shape index (κ2) is 6.94. The molecule has 0 aliphatic rings. The summed E-state index contributed by atoms with van der Waals surface area (Å²) >= 11 is 0. The quantitative estimate of drug-likeness (QED) is 0.735. The molecule has 1 aromatic rings. The molecular weight excluding hydrogens is 216 g/mol. The highest BCUT2D eigenvalue weighted by Gasteiger charge is 2.10. The van der Waals surface area contributed by atoms with Gasteiger partial charge in [-0.1, -0.05) is 37.8 Å². The summed E-state index contributed by atoms with van der Waals surface area (Å²) in [4.78, 5) is 11.0. The topological polar surface area (TPSA) is 46.5 Å². The molecule has 0 saturated carbocycles. The molecule has 0 heterocycles. The highest BCUT2D eigenvalue weighted by molar-refractivity contribution is 5.91. The van der Waals surface area contributed by atoms with Crippen LogP contribution in [-0.4, -0.2) is 17.7 Å². The monoisotopic (exact) mass is 236 g/mol. The fraction of sp³-hybridized carbons (Fsp3) is 0.500. The van der Waals surface area contributed by atoms with E-state index in [9.17, 15) is 4.79 Å². The lowest BCUT2D eigenvalue weighted by atomic mass is 10.1. The smallest absolute Gasteiger partial charge is 0.339 e. The number of hydrogen-bond acceptors (Lipinski definition) is 2. The number of rotatable bonds is 7. The van der Waals surface area contributed by atoms with E-state index in [0.717, 1.165) is 18.4 Å². The van der Waals surface area contributed by atoms with Crippen molar-refractivity contribution in [3.63, 3.8) is 0 Å². The van der Waals surface area contributed by atoms with Gasteiger partial charge in [0.25, 0.3) is 0 Å². The van der Waals surface area contributed by atoms with E-state index in [2.05, 4.69) is 6.92 Å². The van der Waals surface area contributed by atoms with E-state index in [1.165, 1.54) is 12.8 Å². The van der Waals surface area contributed by atoms with Crippen LogP contribution >= 0.6 is 0 Å². The van der Waals surface area contributed by atoms with Crippen molar-refractivity contribution in [2.75, 3.05) is 6.61 Å². The number of carbonyl (C=O) groups is 1. The van der Waals surface area contributed by atoms with Crippen molar-refractivity contribution in [1.82, 2.24) is 0 Å². The van der Waals surface area contributed by atoms with E-state index in [1.807, 2.05) is 13.0 Å². The highest BCUT2D eigenvalue weighted by Crippen LogP contribution is 2.20. The molecule has 0 saturated heterocycles. The van der Waals surface area contributed by atoms with Crippen LogP contribution in [0.2, 0.25) is 0 Å². The molecule has 0 aliphatic heterocycles. The van der Waals surface area contributed by atoms with Crippen molar-refractivity contribution < 1.29 is 14.6 Å². The Balaban J connectivity index is 2.55. The predicted molar refractivity (Wildman–Crippen MR) is 67.8 cm³/mol. The third-order valence-corrected chi connectivity index (χ3v) is 2.62. The lowest BCUT2D eigenvalue weighted by Crippen LogP contribution is -2.04. The normalized spacial score (nSPS) is 10.2. The first-order chi connectivity index (χ1) is 8.15. The summed E-state index contributed by atoms with van der Waals surface area (Å²) in [6, 6.07) is 5.25. The maximum Gasteiger partial charge on any atom is 0.339 e. The molecule has 0 bridgehead atoms. The summed E-state index contributed by atoms with van der Waals surface area (Å²) in [6.45, 7) is 4.62. The Bertz CT molecular complexity index is 372. The standard InChI is InChI=1S/C14H20O3/c1-3-4-5-6-9-17-13-8-7-11(2)10-12(13)14(15)16/h7-8,10H,3-6,9H2,1-2H3,(H,15,16). The second-order valence-corrected chi connectivity index (χ2v) is 4.21. The first-order valence-electron chi connectivity index (χ1n) is 6.12. The van der Waals surface area contributed by atoms with Crippen LogP contribution in [0, 0.1) is 6.92 Å². The molecule has 1 aromatic carbocycles.